The zero-order chi connectivity index (χ0) is 19.5. The van der Waals surface area contributed by atoms with Crippen molar-refractivity contribution in [3.8, 4) is 0 Å². The lowest BCUT2D eigenvalue weighted by Crippen LogP contribution is -2.06. The second-order valence-corrected chi connectivity index (χ2v) is 6.76. The summed E-state index contributed by atoms with van der Waals surface area (Å²) in [7, 11) is 2.00. The van der Waals surface area contributed by atoms with Crippen LogP contribution in [0.3, 0.4) is 0 Å². The van der Waals surface area contributed by atoms with Crippen molar-refractivity contribution < 1.29 is 9.53 Å². The average Bonchev–Trinajstić information content (AvgIpc) is 3.04. The van der Waals surface area contributed by atoms with Gasteiger partial charge in [-0.2, -0.15) is 0 Å². The molecular formula is C21H41N3O2. The Balaban J connectivity index is 0.000000488. The highest BCUT2D eigenvalue weighted by Crippen LogP contribution is 2.09. The van der Waals surface area contributed by atoms with Gasteiger partial charge in [0.15, 0.2) is 0 Å². The van der Waals surface area contributed by atoms with Crippen molar-refractivity contribution >= 4 is 11.7 Å². The van der Waals surface area contributed by atoms with Crippen molar-refractivity contribution in [2.45, 2.75) is 84.5 Å². The van der Waals surface area contributed by atoms with Crippen LogP contribution >= 0.6 is 0 Å². The third-order valence-corrected chi connectivity index (χ3v) is 4.10. The van der Waals surface area contributed by atoms with Gasteiger partial charge in [0.05, 0.1) is 6.61 Å². The number of aromatic amines is 1. The van der Waals surface area contributed by atoms with E-state index >= 15 is 0 Å². The Morgan fingerprint density at radius 1 is 1.08 bits per heavy atom. The fourth-order valence-corrected chi connectivity index (χ4v) is 2.57. The molecule has 0 aliphatic rings. The molecule has 0 unspecified atom stereocenters. The van der Waals surface area contributed by atoms with Crippen molar-refractivity contribution in [3.63, 3.8) is 0 Å². The van der Waals surface area contributed by atoms with Crippen LogP contribution in [0.4, 0.5) is 5.69 Å². The molecule has 0 aromatic carbocycles. The van der Waals surface area contributed by atoms with Crippen LogP contribution in [0.2, 0.25) is 0 Å². The monoisotopic (exact) mass is 367 g/mol. The number of hydrogen-bond acceptors (Lipinski definition) is 4. The molecule has 0 saturated heterocycles. The summed E-state index contributed by atoms with van der Waals surface area (Å²) < 4.78 is 4.99. The number of aromatic nitrogens is 1. The molecule has 26 heavy (non-hydrogen) atoms. The first-order valence-corrected chi connectivity index (χ1v) is 10.4. The average molecular weight is 368 g/mol. The molecule has 0 amide bonds. The van der Waals surface area contributed by atoms with E-state index in [0.29, 0.717) is 13.0 Å². The minimum absolute atomic E-state index is 0.0472. The first-order valence-electron chi connectivity index (χ1n) is 10.4. The summed E-state index contributed by atoms with van der Waals surface area (Å²) in [5.41, 5.74) is 7.71. The van der Waals surface area contributed by atoms with E-state index in [0.717, 1.165) is 31.5 Å². The lowest BCUT2D eigenvalue weighted by Gasteiger charge is -2.02. The highest BCUT2D eigenvalue weighted by atomic mass is 16.5. The van der Waals surface area contributed by atoms with E-state index in [1.165, 1.54) is 50.6 Å². The van der Waals surface area contributed by atoms with Crippen LogP contribution in [-0.4, -0.2) is 31.2 Å². The van der Waals surface area contributed by atoms with Crippen LogP contribution in [0.15, 0.2) is 12.3 Å². The van der Waals surface area contributed by atoms with E-state index in [1.54, 1.807) is 0 Å². The van der Waals surface area contributed by atoms with Gasteiger partial charge in [0.1, 0.15) is 0 Å². The molecule has 152 valence electrons. The third kappa shape index (κ3) is 16.0. The lowest BCUT2D eigenvalue weighted by atomic mass is 10.1. The molecular weight excluding hydrogens is 326 g/mol. The summed E-state index contributed by atoms with van der Waals surface area (Å²) in [5, 5.41) is 3.16. The first-order chi connectivity index (χ1) is 12.6. The molecule has 1 aromatic rings. The van der Waals surface area contributed by atoms with Crippen LogP contribution in [-0.2, 0) is 16.0 Å². The molecule has 0 bridgehead atoms. The summed E-state index contributed by atoms with van der Waals surface area (Å²) in [6.07, 6.45) is 14.2. The number of nitrogen functional groups attached to an aromatic ring is 1. The topological polar surface area (TPSA) is 80.1 Å². The number of hydrogen-bond donors (Lipinski definition) is 3. The minimum atomic E-state index is -0.0472. The smallest absolute Gasteiger partial charge is 0.305 e. The van der Waals surface area contributed by atoms with Crippen LogP contribution in [0.25, 0.3) is 0 Å². The van der Waals surface area contributed by atoms with Gasteiger partial charge in [-0.25, -0.2) is 0 Å². The summed E-state index contributed by atoms with van der Waals surface area (Å²) >= 11 is 0. The molecule has 5 nitrogen and oxygen atoms in total. The van der Waals surface area contributed by atoms with Gasteiger partial charge >= 0.3 is 5.97 Å². The number of nitrogens with one attached hydrogen (secondary N) is 2. The molecule has 1 aromatic heterocycles. The van der Waals surface area contributed by atoms with Crippen molar-refractivity contribution in [1.82, 2.24) is 10.3 Å². The standard InChI is InChI=1S/C11H21N3.C10H20O2/c1-13-7-5-3-2-4-6-11-8-10(12)9-14-11;1-3-5-6-7-9-12-10(11)8-4-2/h8-9,13-14H,2-7,12H2,1H3;3-9H2,1-2H3. The van der Waals surface area contributed by atoms with E-state index in [9.17, 15) is 4.79 Å². The Bertz CT molecular complexity index is 433. The fourth-order valence-electron chi connectivity index (χ4n) is 2.57. The third-order valence-electron chi connectivity index (χ3n) is 4.10. The van der Waals surface area contributed by atoms with E-state index in [-0.39, 0.29) is 5.97 Å². The molecule has 1 heterocycles. The minimum Gasteiger partial charge on any atom is -0.466 e. The van der Waals surface area contributed by atoms with E-state index in [2.05, 4.69) is 17.2 Å². The largest absolute Gasteiger partial charge is 0.466 e. The molecule has 0 spiro atoms. The maximum absolute atomic E-state index is 10.9. The number of nitrogens with two attached hydrogens (primary N) is 1. The number of aryl methyl sites for hydroxylation is 1. The maximum atomic E-state index is 10.9. The zero-order valence-corrected chi connectivity index (χ0v) is 17.2. The first kappa shape index (κ1) is 24.5. The fraction of sp³-hybridized carbons (Fsp3) is 0.762. The molecule has 0 saturated carbocycles. The Labute approximate surface area is 160 Å². The maximum Gasteiger partial charge on any atom is 0.305 e. The Morgan fingerprint density at radius 3 is 2.42 bits per heavy atom. The highest BCUT2D eigenvalue weighted by Gasteiger charge is 1.99. The molecule has 0 radical (unpaired) electrons. The summed E-state index contributed by atoms with van der Waals surface area (Å²) in [6.45, 7) is 5.90. The number of rotatable bonds is 14. The zero-order valence-electron chi connectivity index (χ0n) is 17.2. The van der Waals surface area contributed by atoms with Gasteiger partial charge in [-0.3, -0.25) is 4.79 Å². The van der Waals surface area contributed by atoms with Crippen LogP contribution in [0, 0.1) is 0 Å². The summed E-state index contributed by atoms with van der Waals surface area (Å²) in [6, 6.07) is 2.02. The van der Waals surface area contributed by atoms with Crippen molar-refractivity contribution in [2.24, 2.45) is 0 Å². The van der Waals surface area contributed by atoms with E-state index < -0.39 is 0 Å². The number of ether oxygens (including phenoxy) is 1. The summed E-state index contributed by atoms with van der Waals surface area (Å²) in [4.78, 5) is 14.0. The molecule has 5 heteroatoms. The molecule has 0 fully saturated rings. The Hall–Kier alpha value is -1.49. The molecule has 0 atom stereocenters. The van der Waals surface area contributed by atoms with Gasteiger partial charge in [-0.05, 0) is 51.8 Å². The number of anilines is 1. The summed E-state index contributed by atoms with van der Waals surface area (Å²) in [5.74, 6) is -0.0472. The Morgan fingerprint density at radius 2 is 1.81 bits per heavy atom. The number of unbranched alkanes of at least 4 members (excludes halogenated alkanes) is 6. The Kier molecular flexibility index (Phi) is 17.3. The van der Waals surface area contributed by atoms with Crippen molar-refractivity contribution in [3.05, 3.63) is 18.0 Å². The van der Waals surface area contributed by atoms with Gasteiger partial charge in [0.2, 0.25) is 0 Å². The van der Waals surface area contributed by atoms with Gasteiger partial charge in [-0.1, -0.05) is 46.0 Å². The van der Waals surface area contributed by atoms with E-state index in [1.807, 2.05) is 26.2 Å². The quantitative estimate of drug-likeness (QED) is 0.325. The molecule has 0 aliphatic heterocycles. The van der Waals surface area contributed by atoms with Gasteiger partial charge < -0.3 is 20.8 Å². The molecule has 1 rings (SSSR count). The molecule has 4 N–H and O–H groups in total. The van der Waals surface area contributed by atoms with Crippen molar-refractivity contribution in [2.75, 3.05) is 25.9 Å². The normalized spacial score (nSPS) is 10.3. The van der Waals surface area contributed by atoms with E-state index in [4.69, 9.17) is 10.5 Å². The van der Waals surface area contributed by atoms with Crippen LogP contribution in [0.5, 0.6) is 0 Å². The van der Waals surface area contributed by atoms with Gasteiger partial charge in [-0.15, -0.1) is 0 Å². The van der Waals surface area contributed by atoms with Gasteiger partial charge in [0, 0.05) is 24.0 Å². The highest BCUT2D eigenvalue weighted by molar-refractivity contribution is 5.69. The van der Waals surface area contributed by atoms with Crippen LogP contribution < -0.4 is 11.1 Å². The van der Waals surface area contributed by atoms with Crippen LogP contribution in [0.1, 0.15) is 83.7 Å². The van der Waals surface area contributed by atoms with Gasteiger partial charge in [0.25, 0.3) is 0 Å². The SMILES string of the molecule is CCCCCCOC(=O)CCC.CNCCCCCCc1cc(N)c[nH]1. The predicted octanol–water partition coefficient (Wildman–Crippen LogP) is 4.83. The molecule has 0 aliphatic carbocycles. The number of carbonyl (C=O) groups is 1. The second kappa shape index (κ2) is 18.3. The number of carbonyl (C=O) groups excluding carboxylic acids is 1. The second-order valence-electron chi connectivity index (χ2n) is 6.76. The predicted molar refractivity (Wildman–Crippen MR) is 111 cm³/mol. The number of esters is 1. The lowest BCUT2D eigenvalue weighted by molar-refractivity contribution is -0.143. The number of H-pyrrole nitrogens is 1. The van der Waals surface area contributed by atoms with Crippen molar-refractivity contribution in [1.29, 1.82) is 0 Å².